The molecule has 2 heterocycles. The Morgan fingerprint density at radius 2 is 1.50 bits per heavy atom. The second-order valence-corrected chi connectivity index (χ2v) is 7.80. The second kappa shape index (κ2) is 7.17. The summed E-state index contributed by atoms with van der Waals surface area (Å²) in [5, 5.41) is 0.769. The van der Waals surface area contributed by atoms with Gasteiger partial charge in [-0.15, -0.1) is 0 Å². The zero-order valence-corrected chi connectivity index (χ0v) is 16.1. The quantitative estimate of drug-likeness (QED) is 0.498. The number of carbonyl (C=O) groups excluding carboxylic acids is 1. The number of nitrogens with zero attached hydrogens (tertiary/aromatic N) is 2. The van der Waals surface area contributed by atoms with E-state index in [1.54, 1.807) is 0 Å². The molecular formula is C23H19N3OS. The Kier molecular flexibility index (Phi) is 4.37. The van der Waals surface area contributed by atoms with Gasteiger partial charge in [-0.2, -0.15) is 0 Å². The Morgan fingerprint density at radius 1 is 0.893 bits per heavy atom. The monoisotopic (exact) mass is 385 g/mol. The highest BCUT2D eigenvalue weighted by molar-refractivity contribution is 7.99. The molecule has 1 N–H and O–H groups in total. The summed E-state index contributed by atoms with van der Waals surface area (Å²) < 4.78 is 0. The van der Waals surface area contributed by atoms with Gasteiger partial charge in [0.1, 0.15) is 0 Å². The number of fused-ring (bicyclic) bond motifs is 3. The number of benzene rings is 3. The van der Waals surface area contributed by atoms with Crippen molar-refractivity contribution in [3.63, 3.8) is 0 Å². The van der Waals surface area contributed by atoms with E-state index < -0.39 is 0 Å². The van der Waals surface area contributed by atoms with Crippen LogP contribution in [0.3, 0.4) is 0 Å². The highest BCUT2D eigenvalue weighted by Gasteiger charge is 2.25. The number of carbonyl (C=O) groups is 1. The van der Waals surface area contributed by atoms with Gasteiger partial charge >= 0.3 is 0 Å². The molecule has 1 aromatic heterocycles. The van der Waals surface area contributed by atoms with E-state index in [0.717, 1.165) is 40.4 Å². The van der Waals surface area contributed by atoms with Crippen LogP contribution in [0.25, 0.3) is 11.0 Å². The van der Waals surface area contributed by atoms with Crippen molar-refractivity contribution in [1.29, 1.82) is 0 Å². The number of hydrogen-bond acceptors (Lipinski definition) is 3. The van der Waals surface area contributed by atoms with Crippen LogP contribution in [0.4, 0.5) is 11.4 Å². The molecule has 5 rings (SSSR count). The number of para-hydroxylation sites is 4. The molecule has 0 bridgehead atoms. The van der Waals surface area contributed by atoms with Gasteiger partial charge in [-0.3, -0.25) is 9.69 Å². The first-order chi connectivity index (χ1) is 13.8. The van der Waals surface area contributed by atoms with Crippen molar-refractivity contribution < 1.29 is 4.79 Å². The van der Waals surface area contributed by atoms with Gasteiger partial charge in [0.25, 0.3) is 0 Å². The van der Waals surface area contributed by atoms with Crippen LogP contribution in [0, 0.1) is 0 Å². The minimum absolute atomic E-state index is 0.0623. The molecular weight excluding hydrogens is 366 g/mol. The molecule has 0 saturated carbocycles. The lowest BCUT2D eigenvalue weighted by Gasteiger charge is -2.24. The van der Waals surface area contributed by atoms with Crippen molar-refractivity contribution in [3.8, 4) is 0 Å². The molecule has 0 saturated heterocycles. The Labute approximate surface area is 167 Å². The average molecular weight is 385 g/mol. The number of aromatic amines is 1. The first-order valence-corrected chi connectivity index (χ1v) is 10.3. The molecule has 0 unspecified atom stereocenters. The molecule has 4 aromatic rings. The third kappa shape index (κ3) is 3.08. The highest BCUT2D eigenvalue weighted by atomic mass is 32.2. The first-order valence-electron chi connectivity index (χ1n) is 9.36. The van der Waals surface area contributed by atoms with Crippen LogP contribution >= 0.6 is 11.8 Å². The molecule has 1 aliphatic rings. The molecule has 1 aliphatic heterocycles. The van der Waals surface area contributed by atoms with E-state index in [-0.39, 0.29) is 5.91 Å². The summed E-state index contributed by atoms with van der Waals surface area (Å²) in [6.45, 7) is 0. The molecule has 5 heteroatoms. The minimum atomic E-state index is 0.0623. The number of imidazole rings is 1. The summed E-state index contributed by atoms with van der Waals surface area (Å²) in [5.41, 5.74) is 6.30. The van der Waals surface area contributed by atoms with Crippen molar-refractivity contribution in [2.75, 3.05) is 10.7 Å². The van der Waals surface area contributed by atoms with Crippen LogP contribution in [-0.4, -0.2) is 21.6 Å². The minimum Gasteiger partial charge on any atom is -0.333 e. The fourth-order valence-corrected chi connectivity index (χ4v) is 4.48. The summed E-state index contributed by atoms with van der Waals surface area (Å²) in [5.74, 6) is 0.384. The Balaban J connectivity index is 1.46. The lowest BCUT2D eigenvalue weighted by Crippen LogP contribution is -2.28. The van der Waals surface area contributed by atoms with Gasteiger partial charge in [0, 0.05) is 0 Å². The van der Waals surface area contributed by atoms with E-state index in [9.17, 15) is 4.79 Å². The molecule has 0 spiro atoms. The van der Waals surface area contributed by atoms with Gasteiger partial charge in [-0.25, -0.2) is 4.98 Å². The highest BCUT2D eigenvalue weighted by Crippen LogP contribution is 2.36. The molecule has 1 amide bonds. The SMILES string of the molecule is O=C(CSc1nc2ccccc2[nH]1)N1c2ccccc2CCc2ccccc21. The number of hydrogen-bond donors (Lipinski definition) is 1. The Bertz CT molecular complexity index is 1090. The van der Waals surface area contributed by atoms with Crippen LogP contribution in [0.15, 0.2) is 78.0 Å². The molecule has 4 nitrogen and oxygen atoms in total. The Morgan fingerprint density at radius 3 is 2.18 bits per heavy atom. The summed E-state index contributed by atoms with van der Waals surface area (Å²) >= 11 is 1.45. The summed E-state index contributed by atoms with van der Waals surface area (Å²) in [6.07, 6.45) is 1.88. The van der Waals surface area contributed by atoms with E-state index in [2.05, 4.69) is 22.1 Å². The topological polar surface area (TPSA) is 49.0 Å². The standard InChI is InChI=1S/C23H19N3OS/c27-22(15-28-23-24-18-9-3-4-10-19(18)25-23)26-20-11-5-1-7-16(20)13-14-17-8-2-6-12-21(17)26/h1-12H,13-15H2,(H,24,25). The maximum absolute atomic E-state index is 13.3. The third-order valence-corrected chi connectivity index (χ3v) is 5.94. The summed E-state index contributed by atoms with van der Waals surface area (Å²) in [7, 11) is 0. The maximum Gasteiger partial charge on any atom is 0.242 e. The van der Waals surface area contributed by atoms with Crippen molar-refractivity contribution in [2.24, 2.45) is 0 Å². The maximum atomic E-state index is 13.3. The fourth-order valence-electron chi connectivity index (χ4n) is 3.74. The number of amides is 1. The van der Waals surface area contributed by atoms with E-state index >= 15 is 0 Å². The van der Waals surface area contributed by atoms with Crippen molar-refractivity contribution in [2.45, 2.75) is 18.0 Å². The number of aryl methyl sites for hydroxylation is 2. The van der Waals surface area contributed by atoms with Crippen LogP contribution in [-0.2, 0) is 17.6 Å². The molecule has 28 heavy (non-hydrogen) atoms. The van der Waals surface area contributed by atoms with E-state index in [0.29, 0.717) is 5.75 Å². The van der Waals surface area contributed by atoms with E-state index in [1.807, 2.05) is 65.6 Å². The van der Waals surface area contributed by atoms with Crippen LogP contribution in [0.5, 0.6) is 0 Å². The van der Waals surface area contributed by atoms with Crippen molar-refractivity contribution >= 4 is 40.1 Å². The van der Waals surface area contributed by atoms with Crippen LogP contribution in [0.1, 0.15) is 11.1 Å². The van der Waals surface area contributed by atoms with Gasteiger partial charge < -0.3 is 4.98 Å². The summed E-state index contributed by atoms with van der Waals surface area (Å²) in [6, 6.07) is 24.3. The lowest BCUT2D eigenvalue weighted by atomic mass is 10.0. The van der Waals surface area contributed by atoms with Crippen molar-refractivity contribution in [3.05, 3.63) is 83.9 Å². The number of rotatable bonds is 3. The molecule has 3 aromatic carbocycles. The van der Waals surface area contributed by atoms with E-state index in [1.165, 1.54) is 22.9 Å². The van der Waals surface area contributed by atoms with Crippen LogP contribution < -0.4 is 4.90 Å². The Hall–Kier alpha value is -3.05. The molecule has 0 atom stereocenters. The van der Waals surface area contributed by atoms with Gasteiger partial charge in [0.15, 0.2) is 5.16 Å². The third-order valence-electron chi connectivity index (χ3n) is 5.08. The largest absolute Gasteiger partial charge is 0.333 e. The fraction of sp³-hybridized carbons (Fsp3) is 0.130. The normalized spacial score (nSPS) is 13.1. The van der Waals surface area contributed by atoms with Gasteiger partial charge in [0.05, 0.1) is 28.2 Å². The zero-order chi connectivity index (χ0) is 18.9. The number of thioether (sulfide) groups is 1. The smallest absolute Gasteiger partial charge is 0.242 e. The van der Waals surface area contributed by atoms with Gasteiger partial charge in [-0.05, 0) is 48.2 Å². The number of H-pyrrole nitrogens is 1. The first kappa shape index (κ1) is 17.1. The molecule has 0 fully saturated rings. The predicted octanol–water partition coefficient (Wildman–Crippen LogP) is 5.12. The second-order valence-electron chi connectivity index (χ2n) is 6.83. The number of nitrogens with one attached hydrogen (secondary N) is 1. The number of anilines is 2. The summed E-state index contributed by atoms with van der Waals surface area (Å²) in [4.78, 5) is 23.1. The van der Waals surface area contributed by atoms with Gasteiger partial charge in [0.2, 0.25) is 5.91 Å². The average Bonchev–Trinajstić information content (AvgIpc) is 3.07. The van der Waals surface area contributed by atoms with E-state index in [4.69, 9.17) is 0 Å². The van der Waals surface area contributed by atoms with Crippen molar-refractivity contribution in [1.82, 2.24) is 9.97 Å². The number of aromatic nitrogens is 2. The molecule has 0 aliphatic carbocycles. The van der Waals surface area contributed by atoms with Crippen LogP contribution in [0.2, 0.25) is 0 Å². The predicted molar refractivity (Wildman–Crippen MR) is 114 cm³/mol. The molecule has 138 valence electrons. The van der Waals surface area contributed by atoms with Gasteiger partial charge in [-0.1, -0.05) is 60.3 Å². The zero-order valence-electron chi connectivity index (χ0n) is 15.3. The lowest BCUT2D eigenvalue weighted by molar-refractivity contribution is -0.115. The molecule has 0 radical (unpaired) electrons.